The van der Waals surface area contributed by atoms with E-state index in [-0.39, 0.29) is 23.8 Å². The fourth-order valence-electron chi connectivity index (χ4n) is 3.12. The first kappa shape index (κ1) is 13.7. The van der Waals surface area contributed by atoms with E-state index in [1.54, 1.807) is 12.3 Å². The molecule has 4 nitrogen and oxygen atoms in total. The zero-order chi connectivity index (χ0) is 15.1. The van der Waals surface area contributed by atoms with Gasteiger partial charge in [-0.2, -0.15) is 0 Å². The van der Waals surface area contributed by atoms with Gasteiger partial charge in [-0.1, -0.05) is 23.7 Å². The molecule has 1 aromatic carbocycles. The van der Waals surface area contributed by atoms with Gasteiger partial charge in [0.2, 0.25) is 5.91 Å². The highest BCUT2D eigenvalue weighted by Gasteiger charge is 2.46. The summed E-state index contributed by atoms with van der Waals surface area (Å²) in [6.07, 6.45) is 3.27. The van der Waals surface area contributed by atoms with Crippen molar-refractivity contribution in [3.05, 3.63) is 52.9 Å². The molecule has 0 radical (unpaired) electrons. The highest BCUT2D eigenvalue weighted by Crippen LogP contribution is 2.48. The number of furan rings is 1. The predicted molar refractivity (Wildman–Crippen MR) is 82.0 cm³/mol. The smallest absolute Gasteiger partial charge is 0.224 e. The molecule has 1 saturated carbocycles. The number of hydrogen-bond donors (Lipinski definition) is 1. The van der Waals surface area contributed by atoms with Crippen LogP contribution in [0.4, 0.5) is 0 Å². The van der Waals surface area contributed by atoms with Crippen molar-refractivity contribution in [3.63, 3.8) is 0 Å². The highest BCUT2D eigenvalue weighted by atomic mass is 35.5. The first-order valence-corrected chi connectivity index (χ1v) is 7.87. The maximum absolute atomic E-state index is 12.4. The summed E-state index contributed by atoms with van der Waals surface area (Å²) in [5.41, 5.74) is 0.960. The van der Waals surface area contributed by atoms with Crippen molar-refractivity contribution in [2.45, 2.75) is 24.8 Å². The van der Waals surface area contributed by atoms with Crippen molar-refractivity contribution < 1.29 is 13.9 Å². The summed E-state index contributed by atoms with van der Waals surface area (Å²) in [6.45, 7) is 0.563. The number of carbonyl (C=O) groups is 1. The van der Waals surface area contributed by atoms with Crippen LogP contribution in [0, 0.1) is 5.92 Å². The lowest BCUT2D eigenvalue weighted by Gasteiger charge is -2.27. The Hall–Kier alpha value is -1.94. The Bertz CT molecular complexity index is 698. The second-order valence-electron chi connectivity index (χ2n) is 5.82. The first-order valence-electron chi connectivity index (χ1n) is 7.49. The Morgan fingerprint density at radius 3 is 3.00 bits per heavy atom. The van der Waals surface area contributed by atoms with Crippen LogP contribution in [-0.4, -0.2) is 12.5 Å². The van der Waals surface area contributed by atoms with E-state index in [1.165, 1.54) is 0 Å². The SMILES string of the molecule is O=C(NC1CCOc2c(Cl)cccc21)C1CC1c1ccco1. The van der Waals surface area contributed by atoms with Crippen LogP contribution in [0.15, 0.2) is 41.0 Å². The lowest BCUT2D eigenvalue weighted by Crippen LogP contribution is -2.33. The van der Waals surface area contributed by atoms with Crippen molar-refractivity contribution in [2.24, 2.45) is 5.92 Å². The molecule has 1 amide bonds. The second kappa shape index (κ2) is 5.36. The van der Waals surface area contributed by atoms with Gasteiger partial charge in [0.15, 0.2) is 0 Å². The van der Waals surface area contributed by atoms with E-state index in [0.29, 0.717) is 17.4 Å². The third-order valence-electron chi connectivity index (χ3n) is 4.38. The van der Waals surface area contributed by atoms with Crippen LogP contribution in [0.1, 0.15) is 36.1 Å². The van der Waals surface area contributed by atoms with Crippen molar-refractivity contribution >= 4 is 17.5 Å². The summed E-state index contributed by atoms with van der Waals surface area (Å²) >= 11 is 6.16. The van der Waals surface area contributed by atoms with Crippen molar-refractivity contribution in [1.82, 2.24) is 5.32 Å². The molecule has 3 unspecified atom stereocenters. The number of rotatable bonds is 3. The molecule has 1 aliphatic carbocycles. The minimum atomic E-state index is -0.0344. The number of ether oxygens (including phenoxy) is 1. The number of halogens is 1. The molecule has 0 spiro atoms. The zero-order valence-electron chi connectivity index (χ0n) is 11.9. The molecular weight excluding hydrogens is 302 g/mol. The van der Waals surface area contributed by atoms with Crippen LogP contribution in [-0.2, 0) is 4.79 Å². The lowest BCUT2D eigenvalue weighted by atomic mass is 10.00. The van der Waals surface area contributed by atoms with Crippen LogP contribution in [0.2, 0.25) is 5.02 Å². The Morgan fingerprint density at radius 1 is 1.27 bits per heavy atom. The van der Waals surface area contributed by atoms with Crippen LogP contribution in [0.5, 0.6) is 5.75 Å². The highest BCUT2D eigenvalue weighted by molar-refractivity contribution is 6.32. The quantitative estimate of drug-likeness (QED) is 0.939. The van der Waals surface area contributed by atoms with Crippen LogP contribution < -0.4 is 10.1 Å². The average molecular weight is 318 g/mol. The molecule has 1 aromatic heterocycles. The molecule has 4 rings (SSSR count). The minimum absolute atomic E-state index is 0.0108. The molecule has 2 aromatic rings. The molecule has 5 heteroatoms. The normalized spacial score (nSPS) is 26.0. The molecule has 22 heavy (non-hydrogen) atoms. The molecule has 0 bridgehead atoms. The van der Waals surface area contributed by atoms with Crippen molar-refractivity contribution in [2.75, 3.05) is 6.61 Å². The standard InChI is InChI=1S/C17H16ClNO3/c18-13-4-1-3-10-14(6-8-22-16(10)13)19-17(20)12-9-11(12)15-5-2-7-21-15/h1-5,7,11-12,14H,6,8-9H2,(H,19,20). The van der Waals surface area contributed by atoms with E-state index < -0.39 is 0 Å². The van der Waals surface area contributed by atoms with Gasteiger partial charge in [-0.3, -0.25) is 4.79 Å². The molecule has 1 fully saturated rings. The third-order valence-corrected chi connectivity index (χ3v) is 4.68. The molecule has 3 atom stereocenters. The molecule has 1 N–H and O–H groups in total. The van der Waals surface area contributed by atoms with E-state index in [2.05, 4.69) is 5.32 Å². The number of hydrogen-bond acceptors (Lipinski definition) is 3. The summed E-state index contributed by atoms with van der Waals surface area (Å²) in [4.78, 5) is 12.4. The fourth-order valence-corrected chi connectivity index (χ4v) is 3.35. The van der Waals surface area contributed by atoms with Gasteiger partial charge in [0.05, 0.1) is 23.9 Å². The fraction of sp³-hybridized carbons (Fsp3) is 0.353. The molecule has 1 aliphatic heterocycles. The molecular formula is C17H16ClNO3. The number of carbonyl (C=O) groups excluding carboxylic acids is 1. The van der Waals surface area contributed by atoms with Crippen molar-refractivity contribution in [1.29, 1.82) is 0 Å². The molecule has 2 heterocycles. The maximum Gasteiger partial charge on any atom is 0.224 e. The van der Waals surface area contributed by atoms with Crippen molar-refractivity contribution in [3.8, 4) is 5.75 Å². The van der Waals surface area contributed by atoms with Gasteiger partial charge in [0, 0.05) is 23.8 Å². The number of benzene rings is 1. The third kappa shape index (κ3) is 2.37. The second-order valence-corrected chi connectivity index (χ2v) is 6.23. The Balaban J connectivity index is 1.47. The topological polar surface area (TPSA) is 51.5 Å². The van der Waals surface area contributed by atoms with Gasteiger partial charge in [-0.05, 0) is 24.6 Å². The largest absolute Gasteiger partial charge is 0.492 e. The van der Waals surface area contributed by atoms with Crippen LogP contribution >= 0.6 is 11.6 Å². The monoisotopic (exact) mass is 317 g/mol. The molecule has 0 saturated heterocycles. The first-order chi connectivity index (χ1) is 10.7. The zero-order valence-corrected chi connectivity index (χ0v) is 12.7. The summed E-state index contributed by atoms with van der Waals surface area (Å²) in [6, 6.07) is 9.41. The summed E-state index contributed by atoms with van der Waals surface area (Å²) in [5.74, 6) is 1.90. The Kier molecular flexibility index (Phi) is 3.34. The number of fused-ring (bicyclic) bond motifs is 1. The van der Waals surface area contributed by atoms with Crippen LogP contribution in [0.3, 0.4) is 0 Å². The predicted octanol–water partition coefficient (Wildman–Crippen LogP) is 3.68. The average Bonchev–Trinajstić information content (AvgIpc) is 3.14. The van der Waals surface area contributed by atoms with Gasteiger partial charge >= 0.3 is 0 Å². The maximum atomic E-state index is 12.4. The minimum Gasteiger partial charge on any atom is -0.492 e. The lowest BCUT2D eigenvalue weighted by molar-refractivity contribution is -0.123. The number of amides is 1. The van der Waals surface area contributed by atoms with E-state index in [9.17, 15) is 4.79 Å². The Morgan fingerprint density at radius 2 is 2.18 bits per heavy atom. The molecule has 114 valence electrons. The number of para-hydroxylation sites is 1. The van der Waals surface area contributed by atoms with E-state index in [4.69, 9.17) is 20.8 Å². The van der Waals surface area contributed by atoms with Crippen LogP contribution in [0.25, 0.3) is 0 Å². The van der Waals surface area contributed by atoms with Gasteiger partial charge in [0.25, 0.3) is 0 Å². The Labute approximate surface area is 133 Å². The van der Waals surface area contributed by atoms with E-state index >= 15 is 0 Å². The van der Waals surface area contributed by atoms with E-state index in [0.717, 1.165) is 24.2 Å². The molecule has 2 aliphatic rings. The summed E-state index contributed by atoms with van der Waals surface area (Å²) in [5, 5.41) is 3.73. The van der Waals surface area contributed by atoms with E-state index in [1.807, 2.05) is 24.3 Å². The number of nitrogens with one attached hydrogen (secondary N) is 1. The van der Waals surface area contributed by atoms with Gasteiger partial charge in [0.1, 0.15) is 11.5 Å². The van der Waals surface area contributed by atoms with Gasteiger partial charge < -0.3 is 14.5 Å². The van der Waals surface area contributed by atoms with Gasteiger partial charge in [-0.25, -0.2) is 0 Å². The van der Waals surface area contributed by atoms with Gasteiger partial charge in [-0.15, -0.1) is 0 Å². The summed E-state index contributed by atoms with van der Waals surface area (Å²) in [7, 11) is 0. The summed E-state index contributed by atoms with van der Waals surface area (Å²) < 4.78 is 11.0.